The van der Waals surface area contributed by atoms with E-state index in [1.165, 1.54) is 56.4 Å². The number of amides is 1. The number of rotatable bonds is 3. The Balaban J connectivity index is 1.15. The monoisotopic (exact) mass is 481 g/mol. The van der Waals surface area contributed by atoms with E-state index in [0.29, 0.717) is 46.5 Å². The normalized spacial score (nSPS) is 44.9. The molecule has 9 rings (SSSR count). The molecule has 3 aliphatic heterocycles. The fourth-order valence-corrected chi connectivity index (χ4v) is 11.8. The smallest absolute Gasteiger partial charge is 0.254 e. The third-order valence-electron chi connectivity index (χ3n) is 12.2. The van der Waals surface area contributed by atoms with Crippen LogP contribution in [-0.2, 0) is 11.8 Å². The highest BCUT2D eigenvalue weighted by Gasteiger charge is 2.93. The lowest BCUT2D eigenvalue weighted by Crippen LogP contribution is -2.91. The van der Waals surface area contributed by atoms with E-state index >= 15 is 0 Å². The Labute approximate surface area is 212 Å². The first-order chi connectivity index (χ1) is 17.6. The standard InChI is InChI=1S/C31H35N3O2/c35-23-9-8-20-14-30-18-33(17-22-7-4-12-32-22)28(30)29-11-10-25-26(31(29,30)24(20)13-23)21(15-29)16-34(25)27(36)19-5-2-1-3-6-19/h1-3,5-6,8-9,13,21-22,25-26,28,32,35H,4,7,10-12,14-18H2/t21-,22-,25?,26+,28?,29?,30?,31?/m1/s1. The fraction of sp³-hybridized carbons (Fsp3) is 0.581. The minimum Gasteiger partial charge on any atom is -0.508 e. The summed E-state index contributed by atoms with van der Waals surface area (Å²) in [7, 11) is 0. The van der Waals surface area contributed by atoms with Crippen LogP contribution in [0.15, 0.2) is 48.5 Å². The molecule has 2 bridgehead atoms. The van der Waals surface area contributed by atoms with Crippen molar-refractivity contribution in [1.29, 1.82) is 0 Å². The number of phenols is 1. The molecule has 5 heteroatoms. The van der Waals surface area contributed by atoms with Crippen molar-refractivity contribution in [2.24, 2.45) is 22.7 Å². The summed E-state index contributed by atoms with van der Waals surface area (Å²) in [4.78, 5) is 18.9. The topological polar surface area (TPSA) is 55.8 Å². The average molecular weight is 482 g/mol. The Bertz CT molecular complexity index is 1290. The van der Waals surface area contributed by atoms with Crippen LogP contribution < -0.4 is 5.32 Å². The Hall–Kier alpha value is -2.37. The minimum absolute atomic E-state index is 0.137. The highest BCUT2D eigenvalue weighted by molar-refractivity contribution is 5.94. The maximum atomic E-state index is 13.7. The molecule has 2 N–H and O–H groups in total. The molecule has 3 heterocycles. The van der Waals surface area contributed by atoms with Crippen LogP contribution in [0.5, 0.6) is 5.75 Å². The lowest BCUT2D eigenvalue weighted by Gasteiger charge is -2.84. The number of carbonyl (C=O) groups is 1. The molecule has 3 saturated heterocycles. The summed E-state index contributed by atoms with van der Waals surface area (Å²) in [5.41, 5.74) is 4.52. The second kappa shape index (κ2) is 6.54. The van der Waals surface area contributed by atoms with Crippen molar-refractivity contribution in [2.45, 2.75) is 62.1 Å². The zero-order valence-corrected chi connectivity index (χ0v) is 20.8. The minimum atomic E-state index is 0.137. The molecule has 3 saturated carbocycles. The second-order valence-corrected chi connectivity index (χ2v) is 13.2. The molecule has 186 valence electrons. The molecule has 1 amide bonds. The summed E-state index contributed by atoms with van der Waals surface area (Å²) < 4.78 is 0. The summed E-state index contributed by atoms with van der Waals surface area (Å²) in [6, 6.07) is 17.8. The van der Waals surface area contributed by atoms with Gasteiger partial charge in [-0.15, -0.1) is 0 Å². The summed E-state index contributed by atoms with van der Waals surface area (Å²) >= 11 is 0. The number of fused-ring (bicyclic) bond motifs is 1. The van der Waals surface area contributed by atoms with Crippen LogP contribution >= 0.6 is 0 Å². The summed E-state index contributed by atoms with van der Waals surface area (Å²) in [5, 5.41) is 14.4. The first-order valence-corrected chi connectivity index (χ1v) is 14.2. The van der Waals surface area contributed by atoms with Gasteiger partial charge in [-0.3, -0.25) is 9.69 Å². The molecule has 0 aromatic heterocycles. The molecule has 5 nitrogen and oxygen atoms in total. The van der Waals surface area contributed by atoms with Gasteiger partial charge in [-0.2, -0.15) is 0 Å². The summed E-state index contributed by atoms with van der Waals surface area (Å²) in [6.07, 6.45) is 7.39. The molecule has 2 spiro atoms. The van der Waals surface area contributed by atoms with Crippen molar-refractivity contribution in [1.82, 2.24) is 15.1 Å². The van der Waals surface area contributed by atoms with Gasteiger partial charge in [0.05, 0.1) is 0 Å². The van der Waals surface area contributed by atoms with Crippen LogP contribution in [0.1, 0.15) is 53.6 Å². The maximum Gasteiger partial charge on any atom is 0.254 e. The number of hydrogen-bond donors (Lipinski definition) is 2. The van der Waals surface area contributed by atoms with Gasteiger partial charge in [-0.05, 0) is 97.7 Å². The molecule has 6 fully saturated rings. The van der Waals surface area contributed by atoms with Crippen LogP contribution in [-0.4, -0.2) is 65.1 Å². The summed E-state index contributed by atoms with van der Waals surface area (Å²) in [5.74, 6) is 1.75. The Morgan fingerprint density at radius 3 is 2.83 bits per heavy atom. The van der Waals surface area contributed by atoms with Crippen molar-refractivity contribution < 1.29 is 9.90 Å². The average Bonchev–Trinajstić information content (AvgIpc) is 3.59. The first kappa shape index (κ1) is 20.7. The van der Waals surface area contributed by atoms with Crippen LogP contribution in [0.25, 0.3) is 0 Å². The number of phenolic OH excluding ortho intramolecular Hbond substituents is 1. The van der Waals surface area contributed by atoms with E-state index in [-0.39, 0.29) is 11.3 Å². The molecule has 0 radical (unpaired) electrons. The predicted octanol–water partition coefficient (Wildman–Crippen LogP) is 3.56. The Morgan fingerprint density at radius 2 is 2.00 bits per heavy atom. The van der Waals surface area contributed by atoms with E-state index in [1.807, 2.05) is 36.4 Å². The first-order valence-electron chi connectivity index (χ1n) is 14.2. The zero-order chi connectivity index (χ0) is 23.9. The number of carbonyl (C=O) groups excluding carboxylic acids is 1. The number of benzene rings is 2. The van der Waals surface area contributed by atoms with E-state index < -0.39 is 0 Å². The van der Waals surface area contributed by atoms with Crippen molar-refractivity contribution in [3.8, 4) is 5.75 Å². The van der Waals surface area contributed by atoms with Crippen LogP contribution in [0.2, 0.25) is 0 Å². The number of likely N-dealkylation sites (tertiary alicyclic amines) is 2. The number of nitrogens with one attached hydrogen (secondary N) is 1. The largest absolute Gasteiger partial charge is 0.508 e. The third-order valence-corrected chi connectivity index (χ3v) is 12.2. The SMILES string of the molecule is O=C(c1ccccc1)N1C[C@H]2CC34CCC1[C@H]2C31c2cc(O)ccc2CC12CN(C[C@H]1CCCN1)C42. The molecule has 2 aromatic rings. The maximum absolute atomic E-state index is 13.7. The van der Waals surface area contributed by atoms with Crippen LogP contribution in [0.3, 0.4) is 0 Å². The van der Waals surface area contributed by atoms with E-state index in [2.05, 4.69) is 27.2 Å². The van der Waals surface area contributed by atoms with E-state index in [1.54, 1.807) is 0 Å². The van der Waals surface area contributed by atoms with Crippen molar-refractivity contribution >= 4 is 5.91 Å². The quantitative estimate of drug-likeness (QED) is 0.704. The molecule has 2 aromatic carbocycles. The zero-order valence-electron chi connectivity index (χ0n) is 20.8. The second-order valence-electron chi connectivity index (χ2n) is 13.2. The van der Waals surface area contributed by atoms with Crippen molar-refractivity contribution in [3.05, 3.63) is 65.2 Å². The number of nitrogens with zero attached hydrogens (tertiary/aromatic N) is 2. The Morgan fingerprint density at radius 1 is 1.11 bits per heavy atom. The van der Waals surface area contributed by atoms with Crippen molar-refractivity contribution in [3.63, 3.8) is 0 Å². The lowest BCUT2D eigenvalue weighted by atomic mass is 9.27. The Kier molecular flexibility index (Phi) is 3.76. The van der Waals surface area contributed by atoms with Gasteiger partial charge in [-0.1, -0.05) is 24.3 Å². The molecule has 5 unspecified atom stereocenters. The van der Waals surface area contributed by atoms with Gasteiger partial charge >= 0.3 is 0 Å². The highest BCUT2D eigenvalue weighted by atomic mass is 16.3. The fourth-order valence-electron chi connectivity index (χ4n) is 11.8. The number of piperidine rings is 1. The molecule has 7 aliphatic rings. The van der Waals surface area contributed by atoms with Crippen LogP contribution in [0.4, 0.5) is 0 Å². The van der Waals surface area contributed by atoms with Gasteiger partial charge in [0.15, 0.2) is 0 Å². The molecule has 36 heavy (non-hydrogen) atoms. The van der Waals surface area contributed by atoms with Crippen LogP contribution in [0, 0.1) is 22.7 Å². The summed E-state index contributed by atoms with van der Waals surface area (Å²) in [6.45, 7) is 4.47. The highest BCUT2D eigenvalue weighted by Crippen LogP contribution is 2.90. The van der Waals surface area contributed by atoms with Gasteiger partial charge in [0, 0.05) is 54.2 Å². The van der Waals surface area contributed by atoms with E-state index in [0.717, 1.165) is 24.9 Å². The third kappa shape index (κ3) is 2.04. The van der Waals surface area contributed by atoms with Gasteiger partial charge in [0.2, 0.25) is 0 Å². The molecule has 4 aliphatic carbocycles. The lowest BCUT2D eigenvalue weighted by molar-refractivity contribution is -0.322. The van der Waals surface area contributed by atoms with Gasteiger partial charge < -0.3 is 15.3 Å². The van der Waals surface area contributed by atoms with E-state index in [4.69, 9.17) is 0 Å². The molecule has 8 atom stereocenters. The number of hydrogen-bond acceptors (Lipinski definition) is 4. The predicted molar refractivity (Wildman–Crippen MR) is 137 cm³/mol. The van der Waals surface area contributed by atoms with E-state index in [9.17, 15) is 9.90 Å². The molecular weight excluding hydrogens is 446 g/mol. The van der Waals surface area contributed by atoms with Gasteiger partial charge in [0.25, 0.3) is 5.91 Å². The number of aromatic hydroxyl groups is 1. The molecular formula is C31H35N3O2. The van der Waals surface area contributed by atoms with Gasteiger partial charge in [0.1, 0.15) is 5.75 Å². The van der Waals surface area contributed by atoms with Gasteiger partial charge in [-0.25, -0.2) is 0 Å². The van der Waals surface area contributed by atoms with Crippen molar-refractivity contribution in [2.75, 3.05) is 26.2 Å².